The Bertz CT molecular complexity index is 503. The minimum atomic E-state index is -0.164. The molecule has 1 aromatic rings. The van der Waals surface area contributed by atoms with Gasteiger partial charge in [-0.25, -0.2) is 0 Å². The molecule has 0 bridgehead atoms. The maximum atomic E-state index is 11.6. The van der Waals surface area contributed by atoms with Crippen LogP contribution in [0.15, 0.2) is 29.3 Å². The number of carbonyl (C=O) groups is 1. The first-order valence-corrected chi connectivity index (χ1v) is 7.82. The Kier molecular flexibility index (Phi) is 7.47. The minimum absolute atomic E-state index is 0.00925. The van der Waals surface area contributed by atoms with Gasteiger partial charge in [0.05, 0.1) is 0 Å². The van der Waals surface area contributed by atoms with Gasteiger partial charge in [0.25, 0.3) is 5.91 Å². The number of halogens is 1. The van der Waals surface area contributed by atoms with Crippen LogP contribution in [0.25, 0.3) is 0 Å². The van der Waals surface area contributed by atoms with Gasteiger partial charge in [-0.05, 0) is 43.0 Å². The average Bonchev–Trinajstić information content (AvgIpc) is 2.43. The molecule has 21 heavy (non-hydrogen) atoms. The zero-order chi connectivity index (χ0) is 15.8. The molecular weight excluding hydrogens is 332 g/mol. The number of rotatable bonds is 8. The molecule has 0 aromatic heterocycles. The number of carbonyl (C=O) groups excluding carboxylic acids is 1. The number of benzene rings is 1. The number of nitrogens with one attached hydrogen (secondary N) is 1. The first-order chi connectivity index (χ1) is 9.97. The van der Waals surface area contributed by atoms with Gasteiger partial charge in [-0.15, -0.1) is 6.58 Å². The van der Waals surface area contributed by atoms with Crippen molar-refractivity contribution < 1.29 is 9.53 Å². The average molecular weight is 355 g/mol. The van der Waals surface area contributed by atoms with E-state index in [0.29, 0.717) is 6.54 Å². The van der Waals surface area contributed by atoms with Crippen LogP contribution in [0, 0.1) is 6.92 Å². The number of amides is 1. The molecule has 0 spiro atoms. The Morgan fingerprint density at radius 3 is 2.90 bits per heavy atom. The lowest BCUT2D eigenvalue weighted by atomic mass is 10.0. The van der Waals surface area contributed by atoms with E-state index in [9.17, 15) is 4.79 Å². The lowest BCUT2D eigenvalue weighted by Crippen LogP contribution is -2.29. The summed E-state index contributed by atoms with van der Waals surface area (Å²) in [5.74, 6) is 0.582. The van der Waals surface area contributed by atoms with Gasteiger partial charge in [0.2, 0.25) is 0 Å². The summed E-state index contributed by atoms with van der Waals surface area (Å²) in [7, 11) is 0. The van der Waals surface area contributed by atoms with Crippen molar-refractivity contribution in [3.63, 3.8) is 0 Å². The third-order valence-electron chi connectivity index (χ3n) is 3.11. The molecule has 0 heterocycles. The maximum Gasteiger partial charge on any atom is 0.258 e. The van der Waals surface area contributed by atoms with E-state index in [0.717, 1.165) is 34.2 Å². The van der Waals surface area contributed by atoms with Crippen LogP contribution in [-0.4, -0.2) is 25.1 Å². The second-order valence-corrected chi connectivity index (χ2v) is 5.88. The van der Waals surface area contributed by atoms with E-state index in [-0.39, 0.29) is 18.6 Å². The van der Waals surface area contributed by atoms with Crippen molar-refractivity contribution in [2.45, 2.75) is 32.7 Å². The van der Waals surface area contributed by atoms with Gasteiger partial charge in [0.15, 0.2) is 6.61 Å². The van der Waals surface area contributed by atoms with Crippen LogP contribution < -0.4 is 15.8 Å². The van der Waals surface area contributed by atoms with Crippen LogP contribution in [0.4, 0.5) is 0 Å². The molecule has 0 saturated carbocycles. The minimum Gasteiger partial charge on any atom is -0.483 e. The van der Waals surface area contributed by atoms with Crippen LogP contribution in [0.5, 0.6) is 5.75 Å². The van der Waals surface area contributed by atoms with Gasteiger partial charge in [0.1, 0.15) is 5.75 Å². The molecule has 4 nitrogen and oxygen atoms in total. The highest BCUT2D eigenvalue weighted by Gasteiger charge is 2.13. The number of hydrogen-bond acceptors (Lipinski definition) is 3. The van der Waals surface area contributed by atoms with E-state index in [1.54, 1.807) is 6.08 Å². The zero-order valence-electron chi connectivity index (χ0n) is 12.6. The second-order valence-electron chi connectivity index (χ2n) is 4.96. The van der Waals surface area contributed by atoms with Crippen LogP contribution in [0.1, 0.15) is 24.5 Å². The second kappa shape index (κ2) is 8.85. The number of aryl methyl sites for hydroxylation is 1. The Morgan fingerprint density at radius 2 is 2.29 bits per heavy atom. The van der Waals surface area contributed by atoms with Crippen LogP contribution >= 0.6 is 15.9 Å². The van der Waals surface area contributed by atoms with Crippen molar-refractivity contribution in [2.24, 2.45) is 5.73 Å². The van der Waals surface area contributed by atoms with E-state index in [2.05, 4.69) is 34.7 Å². The Morgan fingerprint density at radius 1 is 1.57 bits per heavy atom. The van der Waals surface area contributed by atoms with E-state index < -0.39 is 0 Å². The van der Waals surface area contributed by atoms with E-state index in [4.69, 9.17) is 10.5 Å². The molecule has 0 aliphatic heterocycles. The van der Waals surface area contributed by atoms with Crippen molar-refractivity contribution in [2.75, 3.05) is 13.2 Å². The Hall–Kier alpha value is -1.33. The normalized spacial score (nSPS) is 11.8. The zero-order valence-corrected chi connectivity index (χ0v) is 14.2. The van der Waals surface area contributed by atoms with Crippen molar-refractivity contribution in [3.05, 3.63) is 40.4 Å². The molecule has 1 rings (SSSR count). The van der Waals surface area contributed by atoms with E-state index >= 15 is 0 Å². The summed E-state index contributed by atoms with van der Waals surface area (Å²) in [5.41, 5.74) is 8.04. The fraction of sp³-hybridized carbons (Fsp3) is 0.438. The lowest BCUT2D eigenvalue weighted by Gasteiger charge is -2.17. The van der Waals surface area contributed by atoms with Crippen LogP contribution in [-0.2, 0) is 11.2 Å². The fourth-order valence-electron chi connectivity index (χ4n) is 1.96. The fourth-order valence-corrected chi connectivity index (χ4v) is 2.58. The van der Waals surface area contributed by atoms with Crippen molar-refractivity contribution in [3.8, 4) is 5.75 Å². The summed E-state index contributed by atoms with van der Waals surface area (Å²) in [5, 5.41) is 2.69. The molecule has 0 aliphatic carbocycles. The molecule has 5 heteroatoms. The van der Waals surface area contributed by atoms with Gasteiger partial charge in [0, 0.05) is 17.1 Å². The summed E-state index contributed by atoms with van der Waals surface area (Å²) >= 11 is 3.49. The summed E-state index contributed by atoms with van der Waals surface area (Å²) < 4.78 is 6.69. The topological polar surface area (TPSA) is 64.3 Å². The SMILES string of the molecule is C=CCNC(=O)COc1c(C)cc(Br)cc1CC(N)CC. The summed E-state index contributed by atoms with van der Waals surface area (Å²) in [4.78, 5) is 11.6. The number of nitrogens with two attached hydrogens (primary N) is 1. The number of hydrogen-bond donors (Lipinski definition) is 2. The molecule has 0 radical (unpaired) electrons. The van der Waals surface area contributed by atoms with Crippen molar-refractivity contribution in [1.29, 1.82) is 0 Å². The third kappa shape index (κ3) is 5.89. The Balaban J connectivity index is 2.83. The molecule has 1 amide bonds. The first-order valence-electron chi connectivity index (χ1n) is 7.02. The van der Waals surface area contributed by atoms with Crippen molar-refractivity contribution >= 4 is 21.8 Å². The van der Waals surface area contributed by atoms with Gasteiger partial charge in [-0.2, -0.15) is 0 Å². The predicted octanol–water partition coefficient (Wildman–Crippen LogP) is 2.72. The first kappa shape index (κ1) is 17.7. The van der Waals surface area contributed by atoms with E-state index in [1.165, 1.54) is 0 Å². The summed E-state index contributed by atoms with van der Waals surface area (Å²) in [6.07, 6.45) is 3.25. The summed E-state index contributed by atoms with van der Waals surface area (Å²) in [6, 6.07) is 4.05. The molecule has 0 saturated heterocycles. The molecule has 0 fully saturated rings. The molecule has 1 unspecified atom stereocenters. The molecule has 1 atom stereocenters. The highest BCUT2D eigenvalue weighted by atomic mass is 79.9. The highest BCUT2D eigenvalue weighted by Crippen LogP contribution is 2.29. The summed E-state index contributed by atoms with van der Waals surface area (Å²) in [6.45, 7) is 8.00. The molecule has 116 valence electrons. The quantitative estimate of drug-likeness (QED) is 0.705. The van der Waals surface area contributed by atoms with Gasteiger partial charge in [-0.1, -0.05) is 28.9 Å². The lowest BCUT2D eigenvalue weighted by molar-refractivity contribution is -0.122. The van der Waals surface area contributed by atoms with E-state index in [1.807, 2.05) is 19.1 Å². The maximum absolute atomic E-state index is 11.6. The highest BCUT2D eigenvalue weighted by molar-refractivity contribution is 9.10. The van der Waals surface area contributed by atoms with Gasteiger partial charge in [-0.3, -0.25) is 4.79 Å². The molecule has 1 aromatic carbocycles. The molecule has 3 N–H and O–H groups in total. The Labute approximate surface area is 134 Å². The van der Waals surface area contributed by atoms with Crippen LogP contribution in [0.3, 0.4) is 0 Å². The van der Waals surface area contributed by atoms with Gasteiger partial charge >= 0.3 is 0 Å². The monoisotopic (exact) mass is 354 g/mol. The molecule has 0 aliphatic rings. The largest absolute Gasteiger partial charge is 0.483 e. The predicted molar refractivity (Wildman–Crippen MR) is 89.6 cm³/mol. The standard InChI is InChI=1S/C16H23BrN2O2/c1-4-6-19-15(20)10-21-16-11(3)7-13(17)8-12(16)9-14(18)5-2/h4,7-8,14H,1,5-6,9-10,18H2,2-3H3,(H,19,20). The van der Waals surface area contributed by atoms with Crippen molar-refractivity contribution in [1.82, 2.24) is 5.32 Å². The third-order valence-corrected chi connectivity index (χ3v) is 3.57. The molecular formula is C16H23BrN2O2. The van der Waals surface area contributed by atoms with Gasteiger partial charge < -0.3 is 15.8 Å². The number of ether oxygens (including phenoxy) is 1. The van der Waals surface area contributed by atoms with Crippen LogP contribution in [0.2, 0.25) is 0 Å². The smallest absolute Gasteiger partial charge is 0.258 e.